The molecule has 98 valence electrons. The summed E-state index contributed by atoms with van der Waals surface area (Å²) in [5, 5.41) is 5.46. The molecule has 0 aliphatic carbocycles. The Morgan fingerprint density at radius 2 is 1.89 bits per heavy atom. The van der Waals surface area contributed by atoms with Gasteiger partial charge in [0, 0.05) is 10.2 Å². The minimum atomic E-state index is -0.470. The average molecular weight is 323 g/mol. The number of hydrogen-bond donors (Lipinski definition) is 2. The van der Waals surface area contributed by atoms with Crippen LogP contribution in [0, 0.1) is 5.82 Å². The van der Waals surface area contributed by atoms with Crippen LogP contribution in [0.15, 0.2) is 53.0 Å². The number of hydrogen-bond acceptors (Lipinski definition) is 2. The molecule has 0 radical (unpaired) electrons. The van der Waals surface area contributed by atoms with E-state index >= 15 is 0 Å². The van der Waals surface area contributed by atoms with Gasteiger partial charge in [0.2, 0.25) is 5.91 Å². The molecule has 2 aromatic rings. The summed E-state index contributed by atoms with van der Waals surface area (Å²) < 4.78 is 14.1. The fourth-order valence-electron chi connectivity index (χ4n) is 1.52. The number of para-hydroxylation sites is 1. The van der Waals surface area contributed by atoms with Crippen LogP contribution in [0.3, 0.4) is 0 Å². The van der Waals surface area contributed by atoms with Gasteiger partial charge in [0.05, 0.1) is 12.2 Å². The highest BCUT2D eigenvalue weighted by Gasteiger charge is 2.07. The molecular formula is C14H12BrFN2O. The molecule has 5 heteroatoms. The summed E-state index contributed by atoms with van der Waals surface area (Å²) in [5.41, 5.74) is 1.01. The fraction of sp³-hybridized carbons (Fsp3) is 0.0714. The van der Waals surface area contributed by atoms with Gasteiger partial charge in [-0.3, -0.25) is 4.79 Å². The molecule has 0 unspecified atom stereocenters. The first-order valence-corrected chi connectivity index (χ1v) is 6.48. The number of rotatable bonds is 4. The number of carbonyl (C=O) groups is 1. The first-order valence-electron chi connectivity index (χ1n) is 5.69. The van der Waals surface area contributed by atoms with Crippen molar-refractivity contribution in [3.63, 3.8) is 0 Å². The molecule has 19 heavy (non-hydrogen) atoms. The third-order valence-corrected chi connectivity index (χ3v) is 2.93. The highest BCUT2D eigenvalue weighted by atomic mass is 79.9. The van der Waals surface area contributed by atoms with E-state index in [4.69, 9.17) is 0 Å². The molecular weight excluding hydrogens is 311 g/mol. The molecule has 0 aliphatic rings. The van der Waals surface area contributed by atoms with Crippen molar-refractivity contribution < 1.29 is 9.18 Å². The molecule has 0 bridgehead atoms. The van der Waals surface area contributed by atoms with Crippen molar-refractivity contribution >= 4 is 33.2 Å². The Morgan fingerprint density at radius 1 is 1.16 bits per heavy atom. The van der Waals surface area contributed by atoms with Crippen LogP contribution in [-0.4, -0.2) is 12.5 Å². The van der Waals surface area contributed by atoms with E-state index in [1.165, 1.54) is 12.1 Å². The van der Waals surface area contributed by atoms with Gasteiger partial charge in [0.15, 0.2) is 0 Å². The highest BCUT2D eigenvalue weighted by molar-refractivity contribution is 9.10. The summed E-state index contributed by atoms with van der Waals surface area (Å²) in [6.07, 6.45) is 0. The molecule has 0 spiro atoms. The van der Waals surface area contributed by atoms with Crippen LogP contribution in [0.1, 0.15) is 0 Å². The van der Waals surface area contributed by atoms with Crippen molar-refractivity contribution in [2.45, 2.75) is 0 Å². The van der Waals surface area contributed by atoms with Gasteiger partial charge in [-0.05, 0) is 30.3 Å². The van der Waals surface area contributed by atoms with E-state index in [0.717, 1.165) is 5.69 Å². The van der Waals surface area contributed by atoms with E-state index in [2.05, 4.69) is 26.6 Å². The number of anilines is 2. The average Bonchev–Trinajstić information content (AvgIpc) is 2.41. The lowest BCUT2D eigenvalue weighted by Crippen LogP contribution is -2.22. The lowest BCUT2D eigenvalue weighted by Gasteiger charge is -2.08. The molecule has 0 heterocycles. The minimum absolute atomic E-state index is 0.0829. The van der Waals surface area contributed by atoms with Gasteiger partial charge in [-0.2, -0.15) is 0 Å². The molecule has 3 nitrogen and oxygen atoms in total. The van der Waals surface area contributed by atoms with E-state index in [-0.39, 0.29) is 18.1 Å². The maximum Gasteiger partial charge on any atom is 0.243 e. The largest absolute Gasteiger partial charge is 0.376 e. The topological polar surface area (TPSA) is 41.1 Å². The Kier molecular flexibility index (Phi) is 4.52. The van der Waals surface area contributed by atoms with Crippen molar-refractivity contribution in [3.05, 3.63) is 58.8 Å². The molecule has 0 atom stereocenters. The number of amides is 1. The summed E-state index contributed by atoms with van der Waals surface area (Å²) in [7, 11) is 0. The number of nitrogens with one attached hydrogen (secondary N) is 2. The molecule has 1 amide bonds. The van der Waals surface area contributed by atoms with Crippen LogP contribution in [-0.2, 0) is 4.79 Å². The van der Waals surface area contributed by atoms with Crippen LogP contribution < -0.4 is 10.6 Å². The van der Waals surface area contributed by atoms with Crippen LogP contribution in [0.4, 0.5) is 15.8 Å². The fourth-order valence-corrected chi connectivity index (χ4v) is 1.86. The van der Waals surface area contributed by atoms with Crippen molar-refractivity contribution in [2.24, 2.45) is 0 Å². The lowest BCUT2D eigenvalue weighted by molar-refractivity contribution is -0.114. The van der Waals surface area contributed by atoms with Crippen molar-refractivity contribution in [1.82, 2.24) is 0 Å². The second-order valence-electron chi connectivity index (χ2n) is 3.89. The standard InChI is InChI=1S/C14H12BrFN2O/c15-10-6-7-13(12(16)8-10)18-14(19)9-17-11-4-2-1-3-5-11/h1-8,17H,9H2,(H,18,19). The van der Waals surface area contributed by atoms with Gasteiger partial charge in [-0.15, -0.1) is 0 Å². The maximum absolute atomic E-state index is 13.5. The summed E-state index contributed by atoms with van der Waals surface area (Å²) >= 11 is 3.16. The summed E-state index contributed by atoms with van der Waals surface area (Å²) in [6.45, 7) is 0.0829. The number of carbonyl (C=O) groups excluding carboxylic acids is 1. The van der Waals surface area contributed by atoms with E-state index in [0.29, 0.717) is 4.47 Å². The summed E-state index contributed by atoms with van der Waals surface area (Å²) in [5.74, 6) is -0.771. The Hall–Kier alpha value is -1.88. The normalized spacial score (nSPS) is 10.0. The zero-order valence-corrected chi connectivity index (χ0v) is 11.6. The first kappa shape index (κ1) is 13.5. The number of halogens is 2. The molecule has 0 saturated carbocycles. The zero-order chi connectivity index (χ0) is 13.7. The van der Waals surface area contributed by atoms with Crippen LogP contribution in [0.25, 0.3) is 0 Å². The first-order chi connectivity index (χ1) is 9.15. The predicted octanol–water partition coefficient (Wildman–Crippen LogP) is 3.64. The van der Waals surface area contributed by atoms with Crippen LogP contribution >= 0.6 is 15.9 Å². The molecule has 2 N–H and O–H groups in total. The van der Waals surface area contributed by atoms with E-state index in [1.807, 2.05) is 30.3 Å². The molecule has 0 aliphatic heterocycles. The van der Waals surface area contributed by atoms with E-state index < -0.39 is 5.82 Å². The highest BCUT2D eigenvalue weighted by Crippen LogP contribution is 2.19. The van der Waals surface area contributed by atoms with Crippen LogP contribution in [0.5, 0.6) is 0 Å². The summed E-state index contributed by atoms with van der Waals surface area (Å²) in [6, 6.07) is 13.8. The van der Waals surface area contributed by atoms with Crippen molar-refractivity contribution in [3.8, 4) is 0 Å². The number of benzene rings is 2. The molecule has 2 rings (SSSR count). The molecule has 0 fully saturated rings. The van der Waals surface area contributed by atoms with Gasteiger partial charge >= 0.3 is 0 Å². The van der Waals surface area contributed by atoms with E-state index in [9.17, 15) is 9.18 Å². The van der Waals surface area contributed by atoms with Crippen molar-refractivity contribution in [2.75, 3.05) is 17.2 Å². The van der Waals surface area contributed by atoms with Gasteiger partial charge in [-0.1, -0.05) is 34.1 Å². The minimum Gasteiger partial charge on any atom is -0.376 e. The molecule has 0 saturated heterocycles. The summed E-state index contributed by atoms with van der Waals surface area (Å²) in [4.78, 5) is 11.7. The second-order valence-corrected chi connectivity index (χ2v) is 4.81. The Morgan fingerprint density at radius 3 is 2.58 bits per heavy atom. The third kappa shape index (κ3) is 4.06. The van der Waals surface area contributed by atoms with Gasteiger partial charge in [0.25, 0.3) is 0 Å². The Balaban J connectivity index is 1.91. The Bertz CT molecular complexity index is 575. The van der Waals surface area contributed by atoms with E-state index in [1.54, 1.807) is 6.07 Å². The quantitative estimate of drug-likeness (QED) is 0.902. The van der Waals surface area contributed by atoms with Crippen LogP contribution in [0.2, 0.25) is 0 Å². The van der Waals surface area contributed by atoms with Gasteiger partial charge < -0.3 is 10.6 Å². The predicted molar refractivity (Wildman–Crippen MR) is 77.7 cm³/mol. The third-order valence-electron chi connectivity index (χ3n) is 2.43. The second kappa shape index (κ2) is 6.33. The zero-order valence-electron chi connectivity index (χ0n) is 9.99. The van der Waals surface area contributed by atoms with Gasteiger partial charge in [0.1, 0.15) is 5.82 Å². The smallest absolute Gasteiger partial charge is 0.243 e. The molecule has 0 aromatic heterocycles. The Labute approximate surface area is 119 Å². The molecule has 2 aromatic carbocycles. The van der Waals surface area contributed by atoms with Gasteiger partial charge in [-0.25, -0.2) is 4.39 Å². The lowest BCUT2D eigenvalue weighted by atomic mass is 10.3. The SMILES string of the molecule is O=C(CNc1ccccc1)Nc1ccc(Br)cc1F. The maximum atomic E-state index is 13.5. The van der Waals surface area contributed by atoms with Crippen molar-refractivity contribution in [1.29, 1.82) is 0 Å². The monoisotopic (exact) mass is 322 g/mol.